The first-order valence-electron chi connectivity index (χ1n) is 7.50. The smallest absolute Gasteiger partial charge is 0.124 e. The number of likely N-dealkylation sites (tertiary alicyclic amines) is 1. The van der Waals surface area contributed by atoms with E-state index in [2.05, 4.69) is 39.2 Å². The number of nitrogens with zero attached hydrogens (tertiary/aromatic N) is 3. The van der Waals surface area contributed by atoms with Gasteiger partial charge in [-0.25, -0.2) is 4.98 Å². The number of aryl methyl sites for hydroxylation is 1. The summed E-state index contributed by atoms with van der Waals surface area (Å²) in [5.74, 6) is 0. The summed E-state index contributed by atoms with van der Waals surface area (Å²) in [5, 5.41) is 4.36. The zero-order chi connectivity index (χ0) is 14.2. The number of rotatable bonds is 3. The van der Waals surface area contributed by atoms with E-state index in [1.54, 1.807) is 11.3 Å². The molecule has 0 aromatic carbocycles. The van der Waals surface area contributed by atoms with Crippen LogP contribution in [0, 0.1) is 6.92 Å². The van der Waals surface area contributed by atoms with E-state index in [0.29, 0.717) is 6.04 Å². The van der Waals surface area contributed by atoms with Crippen molar-refractivity contribution < 1.29 is 0 Å². The summed E-state index contributed by atoms with van der Waals surface area (Å²) in [6.07, 6.45) is 7.92. The normalized spacial score (nSPS) is 20.3. The summed E-state index contributed by atoms with van der Waals surface area (Å²) in [6.45, 7) is 4.48. The standard InChI is InChI=1S/C16H19N3S2/c1-12-5-8-20-14(12)10-18-6-3-2-4-13(18)15-16-19(11-17-15)7-9-21-16/h5,7-9,11,13H,2-4,6,10H2,1H3/t13-/m0/s1. The fraction of sp³-hybridized carbons (Fsp3) is 0.438. The second kappa shape index (κ2) is 5.55. The maximum Gasteiger partial charge on any atom is 0.124 e. The maximum absolute atomic E-state index is 4.72. The minimum absolute atomic E-state index is 0.476. The first-order valence-corrected chi connectivity index (χ1v) is 9.26. The van der Waals surface area contributed by atoms with Gasteiger partial charge in [-0.2, -0.15) is 0 Å². The SMILES string of the molecule is Cc1ccsc1CN1CCCC[C@H]1c1ncn2ccsc12. The van der Waals surface area contributed by atoms with Gasteiger partial charge in [-0.15, -0.1) is 22.7 Å². The summed E-state index contributed by atoms with van der Waals surface area (Å²) < 4.78 is 2.16. The monoisotopic (exact) mass is 317 g/mol. The number of hydrogen-bond donors (Lipinski definition) is 0. The van der Waals surface area contributed by atoms with Gasteiger partial charge in [0.05, 0.1) is 11.7 Å². The Morgan fingerprint density at radius 2 is 2.24 bits per heavy atom. The van der Waals surface area contributed by atoms with Crippen LogP contribution in [0.15, 0.2) is 29.4 Å². The van der Waals surface area contributed by atoms with Gasteiger partial charge in [0, 0.05) is 23.0 Å². The summed E-state index contributed by atoms with van der Waals surface area (Å²) in [4.78, 5) is 10.2. The molecule has 110 valence electrons. The lowest BCUT2D eigenvalue weighted by Gasteiger charge is -2.34. The topological polar surface area (TPSA) is 20.5 Å². The number of thiophene rings is 1. The van der Waals surface area contributed by atoms with Gasteiger partial charge in [-0.3, -0.25) is 9.30 Å². The molecule has 0 saturated carbocycles. The van der Waals surface area contributed by atoms with Crippen molar-refractivity contribution in [3.8, 4) is 0 Å². The minimum atomic E-state index is 0.476. The highest BCUT2D eigenvalue weighted by Gasteiger charge is 2.28. The molecular weight excluding hydrogens is 298 g/mol. The van der Waals surface area contributed by atoms with Crippen LogP contribution in [0.5, 0.6) is 0 Å². The zero-order valence-electron chi connectivity index (χ0n) is 12.2. The first kappa shape index (κ1) is 13.5. The number of aromatic nitrogens is 2. The van der Waals surface area contributed by atoms with E-state index in [4.69, 9.17) is 4.98 Å². The lowest BCUT2D eigenvalue weighted by Crippen LogP contribution is -2.33. The Morgan fingerprint density at radius 1 is 1.29 bits per heavy atom. The van der Waals surface area contributed by atoms with Crippen molar-refractivity contribution in [1.82, 2.24) is 14.3 Å². The Morgan fingerprint density at radius 3 is 3.10 bits per heavy atom. The Kier molecular flexibility index (Phi) is 3.57. The molecule has 1 saturated heterocycles. The third-order valence-corrected chi connectivity index (χ3v) is 6.33. The Hall–Kier alpha value is -1.17. The molecule has 1 atom stereocenters. The average molecular weight is 317 g/mol. The Labute approximate surface area is 132 Å². The number of imidazole rings is 1. The van der Waals surface area contributed by atoms with Crippen LogP contribution in [-0.2, 0) is 6.54 Å². The number of piperidine rings is 1. The molecule has 0 N–H and O–H groups in total. The van der Waals surface area contributed by atoms with Crippen molar-refractivity contribution in [2.75, 3.05) is 6.54 Å². The number of fused-ring (bicyclic) bond motifs is 1. The largest absolute Gasteiger partial charge is 0.297 e. The van der Waals surface area contributed by atoms with Crippen molar-refractivity contribution >= 4 is 27.5 Å². The third-order valence-electron chi connectivity index (χ3n) is 4.42. The molecule has 3 aromatic heterocycles. The summed E-state index contributed by atoms with van der Waals surface area (Å²) in [5.41, 5.74) is 2.70. The van der Waals surface area contributed by atoms with Crippen molar-refractivity contribution in [3.63, 3.8) is 0 Å². The van der Waals surface area contributed by atoms with Crippen molar-refractivity contribution in [3.05, 3.63) is 45.5 Å². The highest BCUT2D eigenvalue weighted by Crippen LogP contribution is 2.35. The highest BCUT2D eigenvalue weighted by atomic mass is 32.1. The predicted octanol–water partition coefficient (Wildman–Crippen LogP) is 4.49. The summed E-state index contributed by atoms with van der Waals surface area (Å²) in [7, 11) is 0. The molecular formula is C16H19N3S2. The average Bonchev–Trinajstić information content (AvgIpc) is 3.18. The van der Waals surface area contributed by atoms with Gasteiger partial charge < -0.3 is 0 Å². The molecule has 0 amide bonds. The van der Waals surface area contributed by atoms with E-state index in [1.807, 2.05) is 17.7 Å². The molecule has 3 aromatic rings. The zero-order valence-corrected chi connectivity index (χ0v) is 13.8. The quantitative estimate of drug-likeness (QED) is 0.709. The molecule has 0 unspecified atom stereocenters. The molecule has 1 fully saturated rings. The van der Waals surface area contributed by atoms with E-state index < -0.39 is 0 Å². The fourth-order valence-electron chi connectivity index (χ4n) is 3.22. The highest BCUT2D eigenvalue weighted by molar-refractivity contribution is 7.15. The number of hydrogen-bond acceptors (Lipinski definition) is 4. The lowest BCUT2D eigenvalue weighted by molar-refractivity contribution is 0.140. The molecule has 1 aliphatic heterocycles. The molecule has 21 heavy (non-hydrogen) atoms. The maximum atomic E-state index is 4.72. The van der Waals surface area contributed by atoms with Crippen LogP contribution in [-0.4, -0.2) is 20.8 Å². The fourth-order valence-corrected chi connectivity index (χ4v) is 5.01. The van der Waals surface area contributed by atoms with Crippen molar-refractivity contribution in [1.29, 1.82) is 0 Å². The van der Waals surface area contributed by atoms with Gasteiger partial charge in [-0.05, 0) is 43.3 Å². The molecule has 4 rings (SSSR count). The minimum Gasteiger partial charge on any atom is -0.297 e. The van der Waals surface area contributed by atoms with Crippen LogP contribution in [0.25, 0.3) is 4.83 Å². The molecule has 0 bridgehead atoms. The van der Waals surface area contributed by atoms with E-state index in [1.165, 1.54) is 46.8 Å². The summed E-state index contributed by atoms with van der Waals surface area (Å²) >= 11 is 3.69. The first-order chi connectivity index (χ1) is 10.3. The second-order valence-electron chi connectivity index (χ2n) is 5.75. The molecule has 0 aliphatic carbocycles. The van der Waals surface area contributed by atoms with Crippen molar-refractivity contribution in [2.24, 2.45) is 0 Å². The molecule has 4 heterocycles. The van der Waals surface area contributed by atoms with E-state index in [-0.39, 0.29) is 0 Å². The number of thiazole rings is 1. The van der Waals surface area contributed by atoms with E-state index in [0.717, 1.165) is 6.54 Å². The predicted molar refractivity (Wildman–Crippen MR) is 89.1 cm³/mol. The second-order valence-corrected chi connectivity index (χ2v) is 7.65. The Bertz CT molecular complexity index is 739. The molecule has 3 nitrogen and oxygen atoms in total. The molecule has 1 aliphatic rings. The van der Waals surface area contributed by atoms with Crippen LogP contribution in [0.2, 0.25) is 0 Å². The van der Waals surface area contributed by atoms with Gasteiger partial charge in [-0.1, -0.05) is 6.42 Å². The molecule has 0 spiro atoms. The van der Waals surface area contributed by atoms with Crippen molar-refractivity contribution in [2.45, 2.75) is 38.8 Å². The van der Waals surface area contributed by atoms with E-state index in [9.17, 15) is 0 Å². The summed E-state index contributed by atoms with van der Waals surface area (Å²) in [6, 6.07) is 2.71. The third kappa shape index (κ3) is 2.43. The van der Waals surface area contributed by atoms with Gasteiger partial charge in [0.1, 0.15) is 11.2 Å². The van der Waals surface area contributed by atoms with Crippen LogP contribution in [0.1, 0.15) is 41.4 Å². The molecule has 5 heteroatoms. The van der Waals surface area contributed by atoms with Crippen LogP contribution in [0.3, 0.4) is 0 Å². The van der Waals surface area contributed by atoms with Crippen LogP contribution < -0.4 is 0 Å². The van der Waals surface area contributed by atoms with E-state index >= 15 is 0 Å². The van der Waals surface area contributed by atoms with Crippen LogP contribution >= 0.6 is 22.7 Å². The van der Waals surface area contributed by atoms with Gasteiger partial charge in [0.25, 0.3) is 0 Å². The Balaban J connectivity index is 1.65. The van der Waals surface area contributed by atoms with Gasteiger partial charge in [0.2, 0.25) is 0 Å². The van der Waals surface area contributed by atoms with Crippen LogP contribution in [0.4, 0.5) is 0 Å². The van der Waals surface area contributed by atoms with Gasteiger partial charge >= 0.3 is 0 Å². The van der Waals surface area contributed by atoms with Gasteiger partial charge in [0.15, 0.2) is 0 Å². The molecule has 0 radical (unpaired) electrons. The lowest BCUT2D eigenvalue weighted by atomic mass is 9.99.